The van der Waals surface area contributed by atoms with E-state index >= 15 is 0 Å². The highest BCUT2D eigenvalue weighted by Gasteiger charge is 2.25. The quantitative estimate of drug-likeness (QED) is 0.832. The second kappa shape index (κ2) is 9.04. The Labute approximate surface area is 146 Å². The third-order valence-electron chi connectivity index (χ3n) is 6.14. The monoisotopic (exact) mass is 337 g/mol. The first-order chi connectivity index (χ1) is 11.7. The van der Waals surface area contributed by atoms with Gasteiger partial charge in [-0.3, -0.25) is 0 Å². The number of aliphatic hydroxyl groups excluding tert-OH is 1. The van der Waals surface area contributed by atoms with E-state index in [-0.39, 0.29) is 18.2 Å². The van der Waals surface area contributed by atoms with Gasteiger partial charge in [-0.25, -0.2) is 4.79 Å². The molecule has 3 fully saturated rings. The molecule has 3 rings (SSSR count). The predicted octanol–water partition coefficient (Wildman–Crippen LogP) is 2.59. The van der Waals surface area contributed by atoms with Gasteiger partial charge in [-0.05, 0) is 57.4 Å². The van der Waals surface area contributed by atoms with Gasteiger partial charge in [-0.1, -0.05) is 19.3 Å². The molecule has 5 nitrogen and oxygen atoms in total. The standard InChI is InChI=1S/C19H35N3O2/c23-18-9-7-17(8-10-18)20-19(24)22-12-4-11-21(13-14-22)15-16-5-2-1-3-6-16/h16-18,23H,1-15H2,(H,20,24). The fraction of sp³-hybridized carbons (Fsp3) is 0.947. The SMILES string of the molecule is O=C(NC1CCC(O)CC1)N1CCCN(CC2CCCCC2)CC1. The molecule has 2 amide bonds. The van der Waals surface area contributed by atoms with Crippen molar-refractivity contribution in [3.8, 4) is 0 Å². The molecule has 0 spiro atoms. The van der Waals surface area contributed by atoms with E-state index in [1.807, 2.05) is 4.90 Å². The van der Waals surface area contributed by atoms with Crippen molar-refractivity contribution in [2.45, 2.75) is 76.4 Å². The lowest BCUT2D eigenvalue weighted by Crippen LogP contribution is -2.47. The maximum absolute atomic E-state index is 12.5. The molecule has 2 saturated carbocycles. The van der Waals surface area contributed by atoms with E-state index in [4.69, 9.17) is 0 Å². The summed E-state index contributed by atoms with van der Waals surface area (Å²) in [5.41, 5.74) is 0. The number of carbonyl (C=O) groups excluding carboxylic acids is 1. The van der Waals surface area contributed by atoms with Crippen LogP contribution in [-0.2, 0) is 0 Å². The largest absolute Gasteiger partial charge is 0.393 e. The molecule has 0 aromatic rings. The van der Waals surface area contributed by atoms with E-state index < -0.39 is 0 Å². The number of hydrogen-bond donors (Lipinski definition) is 2. The average molecular weight is 338 g/mol. The second-order valence-electron chi connectivity index (χ2n) is 8.10. The topological polar surface area (TPSA) is 55.8 Å². The Kier molecular flexibility index (Phi) is 6.78. The van der Waals surface area contributed by atoms with Crippen molar-refractivity contribution in [1.29, 1.82) is 0 Å². The Hall–Kier alpha value is -0.810. The van der Waals surface area contributed by atoms with Crippen molar-refractivity contribution in [2.75, 3.05) is 32.7 Å². The number of nitrogens with zero attached hydrogens (tertiary/aromatic N) is 2. The molecule has 0 bridgehead atoms. The number of hydrogen-bond acceptors (Lipinski definition) is 3. The van der Waals surface area contributed by atoms with E-state index in [0.29, 0.717) is 0 Å². The van der Waals surface area contributed by atoms with Gasteiger partial charge in [0.2, 0.25) is 0 Å². The summed E-state index contributed by atoms with van der Waals surface area (Å²) in [6.07, 6.45) is 11.4. The molecule has 1 heterocycles. The third kappa shape index (κ3) is 5.35. The molecule has 2 N–H and O–H groups in total. The van der Waals surface area contributed by atoms with Crippen molar-refractivity contribution in [3.63, 3.8) is 0 Å². The van der Waals surface area contributed by atoms with Gasteiger partial charge in [0.1, 0.15) is 0 Å². The minimum atomic E-state index is -0.162. The average Bonchev–Trinajstić information content (AvgIpc) is 2.83. The van der Waals surface area contributed by atoms with Crippen LogP contribution < -0.4 is 5.32 Å². The summed E-state index contributed by atoms with van der Waals surface area (Å²) in [6.45, 7) is 5.12. The molecule has 5 heteroatoms. The van der Waals surface area contributed by atoms with Gasteiger partial charge in [0.15, 0.2) is 0 Å². The van der Waals surface area contributed by atoms with Gasteiger partial charge in [-0.2, -0.15) is 0 Å². The van der Waals surface area contributed by atoms with Crippen LogP contribution in [-0.4, -0.2) is 65.8 Å². The van der Waals surface area contributed by atoms with Gasteiger partial charge in [0, 0.05) is 32.2 Å². The van der Waals surface area contributed by atoms with Gasteiger partial charge < -0.3 is 20.2 Å². The van der Waals surface area contributed by atoms with Crippen LogP contribution in [0, 0.1) is 5.92 Å². The molecule has 24 heavy (non-hydrogen) atoms. The molecule has 1 saturated heterocycles. The van der Waals surface area contributed by atoms with Crippen molar-refractivity contribution in [3.05, 3.63) is 0 Å². The molecular weight excluding hydrogens is 302 g/mol. The number of nitrogens with one attached hydrogen (secondary N) is 1. The van der Waals surface area contributed by atoms with Crippen molar-refractivity contribution >= 4 is 6.03 Å². The summed E-state index contributed by atoms with van der Waals surface area (Å²) in [5.74, 6) is 0.882. The normalized spacial score (nSPS) is 30.8. The van der Waals surface area contributed by atoms with Gasteiger partial charge in [0.25, 0.3) is 0 Å². The summed E-state index contributed by atoms with van der Waals surface area (Å²) >= 11 is 0. The molecule has 138 valence electrons. The van der Waals surface area contributed by atoms with E-state index in [1.165, 1.54) is 38.6 Å². The van der Waals surface area contributed by atoms with Gasteiger partial charge >= 0.3 is 6.03 Å². The lowest BCUT2D eigenvalue weighted by Gasteiger charge is -2.30. The Morgan fingerprint density at radius 1 is 0.875 bits per heavy atom. The maximum Gasteiger partial charge on any atom is 0.317 e. The number of urea groups is 1. The lowest BCUT2D eigenvalue weighted by atomic mass is 9.89. The Balaban J connectivity index is 1.40. The van der Waals surface area contributed by atoms with Crippen molar-refractivity contribution in [1.82, 2.24) is 15.1 Å². The molecule has 0 radical (unpaired) electrons. The molecule has 1 aliphatic heterocycles. The molecule has 0 aromatic carbocycles. The van der Waals surface area contributed by atoms with Crippen LogP contribution in [0.25, 0.3) is 0 Å². The Morgan fingerprint density at radius 3 is 2.38 bits per heavy atom. The number of carbonyl (C=O) groups is 1. The minimum absolute atomic E-state index is 0.107. The van der Waals surface area contributed by atoms with E-state index in [2.05, 4.69) is 10.2 Å². The predicted molar refractivity (Wildman–Crippen MR) is 96.0 cm³/mol. The highest BCUT2D eigenvalue weighted by molar-refractivity contribution is 5.74. The summed E-state index contributed by atoms with van der Waals surface area (Å²) in [4.78, 5) is 17.1. The van der Waals surface area contributed by atoms with Crippen LogP contribution in [0.5, 0.6) is 0 Å². The number of rotatable bonds is 3. The number of aliphatic hydroxyl groups is 1. The van der Waals surface area contributed by atoms with Crippen molar-refractivity contribution < 1.29 is 9.90 Å². The van der Waals surface area contributed by atoms with Gasteiger partial charge in [-0.15, -0.1) is 0 Å². The minimum Gasteiger partial charge on any atom is -0.393 e. The second-order valence-corrected chi connectivity index (χ2v) is 8.10. The van der Waals surface area contributed by atoms with E-state index in [1.54, 1.807) is 0 Å². The van der Waals surface area contributed by atoms with Crippen LogP contribution in [0.1, 0.15) is 64.2 Å². The van der Waals surface area contributed by atoms with Crippen LogP contribution in [0.3, 0.4) is 0 Å². The van der Waals surface area contributed by atoms with E-state index in [0.717, 1.165) is 64.2 Å². The molecule has 3 aliphatic rings. The zero-order chi connectivity index (χ0) is 16.8. The highest BCUT2D eigenvalue weighted by Crippen LogP contribution is 2.25. The first-order valence-electron chi connectivity index (χ1n) is 10.2. The lowest BCUT2D eigenvalue weighted by molar-refractivity contribution is 0.115. The Morgan fingerprint density at radius 2 is 1.62 bits per heavy atom. The molecule has 2 aliphatic carbocycles. The zero-order valence-electron chi connectivity index (χ0n) is 15.1. The summed E-state index contributed by atoms with van der Waals surface area (Å²) in [6, 6.07) is 0.360. The fourth-order valence-corrected chi connectivity index (χ4v) is 4.58. The summed E-state index contributed by atoms with van der Waals surface area (Å²) in [7, 11) is 0. The van der Waals surface area contributed by atoms with Crippen LogP contribution in [0.15, 0.2) is 0 Å². The molecular formula is C19H35N3O2. The van der Waals surface area contributed by atoms with Gasteiger partial charge in [0.05, 0.1) is 6.10 Å². The summed E-state index contributed by atoms with van der Waals surface area (Å²) in [5, 5.41) is 12.8. The fourth-order valence-electron chi connectivity index (χ4n) is 4.58. The first kappa shape index (κ1) is 18.0. The van der Waals surface area contributed by atoms with Crippen molar-refractivity contribution in [2.24, 2.45) is 5.92 Å². The third-order valence-corrected chi connectivity index (χ3v) is 6.14. The summed E-state index contributed by atoms with van der Waals surface area (Å²) < 4.78 is 0. The first-order valence-corrected chi connectivity index (χ1v) is 10.2. The maximum atomic E-state index is 12.5. The zero-order valence-corrected chi connectivity index (χ0v) is 15.1. The Bertz CT molecular complexity index is 390. The number of amides is 2. The molecule has 0 aromatic heterocycles. The van der Waals surface area contributed by atoms with Crippen LogP contribution in [0.2, 0.25) is 0 Å². The van der Waals surface area contributed by atoms with Crippen LogP contribution >= 0.6 is 0 Å². The molecule has 0 atom stereocenters. The molecule has 0 unspecified atom stereocenters. The van der Waals surface area contributed by atoms with E-state index in [9.17, 15) is 9.90 Å². The smallest absolute Gasteiger partial charge is 0.317 e. The van der Waals surface area contributed by atoms with Crippen LogP contribution in [0.4, 0.5) is 4.79 Å². The highest BCUT2D eigenvalue weighted by atomic mass is 16.3.